The van der Waals surface area contributed by atoms with Crippen molar-refractivity contribution in [3.63, 3.8) is 0 Å². The number of nitrogens with two attached hydrogens (primary N) is 1. The smallest absolute Gasteiger partial charge is 0.243 e. The van der Waals surface area contributed by atoms with Crippen LogP contribution in [0.5, 0.6) is 0 Å². The molecule has 0 radical (unpaired) electrons. The fourth-order valence-corrected chi connectivity index (χ4v) is 5.33. The lowest BCUT2D eigenvalue weighted by Gasteiger charge is -2.18. The largest absolute Gasteiger partial charge is 0.335 e. The molecule has 32 heavy (non-hydrogen) atoms. The number of carbonyl (C=O) groups is 1. The molecule has 1 heterocycles. The van der Waals surface area contributed by atoms with Crippen LogP contribution in [0, 0.1) is 0 Å². The van der Waals surface area contributed by atoms with E-state index in [2.05, 4.69) is 15.5 Å². The molecule has 0 saturated carbocycles. The van der Waals surface area contributed by atoms with Gasteiger partial charge in [-0.25, -0.2) is 13.1 Å². The van der Waals surface area contributed by atoms with Gasteiger partial charge in [-0.1, -0.05) is 55.4 Å². The monoisotopic (exact) mass is 494 g/mol. The van der Waals surface area contributed by atoms with E-state index in [0.717, 1.165) is 11.8 Å². The molecule has 3 aromatic rings. The maximum atomic E-state index is 12.8. The van der Waals surface area contributed by atoms with Crippen LogP contribution in [0.2, 0.25) is 5.02 Å². The Morgan fingerprint density at radius 3 is 2.56 bits per heavy atom. The third-order valence-electron chi connectivity index (χ3n) is 4.54. The number of sulfonamides is 1. The van der Waals surface area contributed by atoms with Crippen molar-refractivity contribution in [2.75, 3.05) is 30.0 Å². The van der Waals surface area contributed by atoms with E-state index in [4.69, 9.17) is 17.4 Å². The number of nitrogens with zero attached hydrogens (tertiary/aromatic N) is 4. The SMILES string of the molecule is CCN(CC)S(=O)(=O)c1cccc(-c2nnc(SCC(=O)Nc3cccc(Cl)c3)n2N)c1. The summed E-state index contributed by atoms with van der Waals surface area (Å²) in [5.74, 6) is 6.22. The molecular weight excluding hydrogens is 472 g/mol. The zero-order valence-corrected chi connectivity index (χ0v) is 19.9. The molecule has 0 fully saturated rings. The molecule has 0 spiro atoms. The van der Waals surface area contributed by atoms with Crippen molar-refractivity contribution in [2.24, 2.45) is 0 Å². The highest BCUT2D eigenvalue weighted by Gasteiger charge is 2.23. The van der Waals surface area contributed by atoms with E-state index in [0.29, 0.717) is 40.3 Å². The Bertz CT molecular complexity index is 1210. The Hall–Kier alpha value is -2.60. The third kappa shape index (κ3) is 5.41. The van der Waals surface area contributed by atoms with Gasteiger partial charge >= 0.3 is 0 Å². The van der Waals surface area contributed by atoms with E-state index in [9.17, 15) is 13.2 Å². The molecule has 0 saturated heterocycles. The standard InChI is InChI=1S/C20H23ClN6O3S2/c1-3-26(4-2)32(29,30)17-10-5-7-14(11-17)19-24-25-20(27(19)22)31-13-18(28)23-16-9-6-8-15(21)12-16/h5-12H,3-4,13,22H2,1-2H3,(H,23,28). The van der Waals surface area contributed by atoms with E-state index in [1.807, 2.05) is 0 Å². The van der Waals surface area contributed by atoms with Gasteiger partial charge in [0, 0.05) is 29.4 Å². The van der Waals surface area contributed by atoms with Gasteiger partial charge in [0.05, 0.1) is 10.6 Å². The zero-order chi connectivity index (χ0) is 23.3. The van der Waals surface area contributed by atoms with Crippen LogP contribution < -0.4 is 11.2 Å². The van der Waals surface area contributed by atoms with Gasteiger partial charge in [-0.15, -0.1) is 10.2 Å². The number of aromatic nitrogens is 3. The van der Waals surface area contributed by atoms with E-state index < -0.39 is 10.0 Å². The molecule has 3 N–H and O–H groups in total. The number of nitrogens with one attached hydrogen (secondary N) is 1. The highest BCUT2D eigenvalue weighted by molar-refractivity contribution is 7.99. The predicted octanol–water partition coefficient (Wildman–Crippen LogP) is 3.07. The Morgan fingerprint density at radius 1 is 1.16 bits per heavy atom. The molecule has 0 aliphatic rings. The van der Waals surface area contributed by atoms with Gasteiger partial charge in [0.2, 0.25) is 21.1 Å². The lowest BCUT2D eigenvalue weighted by molar-refractivity contribution is -0.113. The zero-order valence-electron chi connectivity index (χ0n) is 17.5. The normalized spacial score (nSPS) is 11.6. The molecule has 9 nitrogen and oxygen atoms in total. The van der Waals surface area contributed by atoms with Gasteiger partial charge in [0.1, 0.15) is 0 Å². The average molecular weight is 495 g/mol. The molecule has 1 amide bonds. The Labute approximate surface area is 196 Å². The Kier molecular flexibility index (Phi) is 7.77. The molecule has 0 bridgehead atoms. The van der Waals surface area contributed by atoms with E-state index in [1.54, 1.807) is 50.2 Å². The number of halogens is 1. The Balaban J connectivity index is 1.74. The lowest BCUT2D eigenvalue weighted by atomic mass is 10.2. The molecule has 0 atom stereocenters. The van der Waals surface area contributed by atoms with E-state index in [1.165, 1.54) is 21.1 Å². The van der Waals surface area contributed by atoms with Gasteiger partial charge in [-0.3, -0.25) is 4.79 Å². The maximum absolute atomic E-state index is 12.8. The molecule has 2 aromatic carbocycles. The van der Waals surface area contributed by atoms with Gasteiger partial charge in [-0.05, 0) is 30.3 Å². The highest BCUT2D eigenvalue weighted by Crippen LogP contribution is 2.25. The van der Waals surface area contributed by atoms with Crippen LogP contribution in [0.3, 0.4) is 0 Å². The Morgan fingerprint density at radius 2 is 1.88 bits per heavy atom. The first kappa shape index (κ1) is 24.1. The van der Waals surface area contributed by atoms with Crippen molar-refractivity contribution in [3.05, 3.63) is 53.6 Å². The molecule has 170 valence electrons. The van der Waals surface area contributed by atoms with Crippen molar-refractivity contribution in [2.45, 2.75) is 23.9 Å². The van der Waals surface area contributed by atoms with Crippen LogP contribution in [0.1, 0.15) is 13.8 Å². The molecule has 0 aliphatic carbocycles. The summed E-state index contributed by atoms with van der Waals surface area (Å²) in [6.45, 7) is 4.31. The van der Waals surface area contributed by atoms with Crippen molar-refractivity contribution in [1.29, 1.82) is 0 Å². The summed E-state index contributed by atoms with van der Waals surface area (Å²) < 4.78 is 28.2. The number of rotatable bonds is 9. The molecular formula is C20H23ClN6O3S2. The van der Waals surface area contributed by atoms with Crippen molar-refractivity contribution in [1.82, 2.24) is 19.2 Å². The minimum Gasteiger partial charge on any atom is -0.335 e. The van der Waals surface area contributed by atoms with Crippen LogP contribution in [-0.2, 0) is 14.8 Å². The van der Waals surface area contributed by atoms with Crippen molar-refractivity contribution in [3.8, 4) is 11.4 Å². The number of carbonyl (C=O) groups excluding carboxylic acids is 1. The molecule has 0 aliphatic heterocycles. The fourth-order valence-electron chi connectivity index (χ4n) is 2.97. The third-order valence-corrected chi connectivity index (χ3v) is 7.76. The quantitative estimate of drug-likeness (QED) is 0.346. The highest BCUT2D eigenvalue weighted by atomic mass is 35.5. The number of amides is 1. The summed E-state index contributed by atoms with van der Waals surface area (Å²) in [6, 6.07) is 13.2. The molecule has 1 aromatic heterocycles. The van der Waals surface area contributed by atoms with Crippen LogP contribution >= 0.6 is 23.4 Å². The predicted molar refractivity (Wildman–Crippen MR) is 127 cm³/mol. The number of nitrogen functional groups attached to an aromatic ring is 1. The summed E-state index contributed by atoms with van der Waals surface area (Å²) in [4.78, 5) is 12.4. The first-order valence-corrected chi connectivity index (χ1v) is 12.6. The summed E-state index contributed by atoms with van der Waals surface area (Å²) in [7, 11) is -3.62. The lowest BCUT2D eigenvalue weighted by Crippen LogP contribution is -2.30. The average Bonchev–Trinajstić information content (AvgIpc) is 3.13. The molecule has 0 unspecified atom stereocenters. The van der Waals surface area contributed by atoms with Gasteiger partial charge in [-0.2, -0.15) is 4.31 Å². The summed E-state index contributed by atoms with van der Waals surface area (Å²) in [6.07, 6.45) is 0. The van der Waals surface area contributed by atoms with Crippen molar-refractivity contribution >= 4 is 45.0 Å². The number of hydrogen-bond donors (Lipinski definition) is 2. The first-order valence-electron chi connectivity index (χ1n) is 9.75. The number of benzene rings is 2. The van der Waals surface area contributed by atoms with Crippen LogP contribution in [0.15, 0.2) is 58.6 Å². The maximum Gasteiger partial charge on any atom is 0.243 e. The number of hydrogen-bond acceptors (Lipinski definition) is 7. The second-order valence-corrected chi connectivity index (χ2v) is 9.96. The molecule has 12 heteroatoms. The molecule has 3 rings (SSSR count). The topological polar surface area (TPSA) is 123 Å². The van der Waals surface area contributed by atoms with Crippen molar-refractivity contribution < 1.29 is 13.2 Å². The first-order chi connectivity index (χ1) is 15.3. The van der Waals surface area contributed by atoms with Gasteiger partial charge < -0.3 is 11.2 Å². The summed E-state index contributed by atoms with van der Waals surface area (Å²) in [5, 5.41) is 11.7. The van der Waals surface area contributed by atoms with E-state index in [-0.39, 0.29) is 16.6 Å². The van der Waals surface area contributed by atoms with E-state index >= 15 is 0 Å². The summed E-state index contributed by atoms with van der Waals surface area (Å²) in [5.41, 5.74) is 1.09. The second-order valence-electron chi connectivity index (χ2n) is 6.64. The number of thioether (sulfide) groups is 1. The fraction of sp³-hybridized carbons (Fsp3) is 0.250. The number of anilines is 1. The minimum atomic E-state index is -3.62. The van der Waals surface area contributed by atoms with Gasteiger partial charge in [0.25, 0.3) is 0 Å². The second kappa shape index (κ2) is 10.3. The summed E-state index contributed by atoms with van der Waals surface area (Å²) >= 11 is 7.03. The van der Waals surface area contributed by atoms with Gasteiger partial charge in [0.15, 0.2) is 5.82 Å². The van der Waals surface area contributed by atoms with Crippen LogP contribution in [0.4, 0.5) is 5.69 Å². The van der Waals surface area contributed by atoms with Crippen LogP contribution in [0.25, 0.3) is 11.4 Å². The van der Waals surface area contributed by atoms with Crippen LogP contribution in [-0.4, -0.2) is 52.3 Å². The minimum absolute atomic E-state index is 0.0538.